The maximum absolute atomic E-state index is 11.8. The summed E-state index contributed by atoms with van der Waals surface area (Å²) in [6.07, 6.45) is 0. The van der Waals surface area contributed by atoms with Gasteiger partial charge in [-0.05, 0) is 57.2 Å². The van der Waals surface area contributed by atoms with Gasteiger partial charge >= 0.3 is 0 Å². The Bertz CT molecular complexity index is 742. The van der Waals surface area contributed by atoms with E-state index in [4.69, 9.17) is 21.1 Å². The fourth-order valence-electron chi connectivity index (χ4n) is 2.20. The summed E-state index contributed by atoms with van der Waals surface area (Å²) in [4.78, 5) is 11.8. The first-order valence-corrected chi connectivity index (χ1v) is 9.51. The van der Waals surface area contributed by atoms with Gasteiger partial charge in [-0.1, -0.05) is 44.5 Å². The molecule has 0 unspecified atom stereocenters. The summed E-state index contributed by atoms with van der Waals surface area (Å²) in [6.45, 7) is 7.24. The van der Waals surface area contributed by atoms with E-state index in [0.717, 1.165) is 5.75 Å². The fourth-order valence-corrected chi connectivity index (χ4v) is 2.99. The third-order valence-corrected chi connectivity index (χ3v) is 4.52. The molecule has 0 fully saturated rings. The van der Waals surface area contributed by atoms with Gasteiger partial charge in [0.05, 0.1) is 11.0 Å². The summed E-state index contributed by atoms with van der Waals surface area (Å²) >= 11 is 9.21. The highest BCUT2D eigenvalue weighted by molar-refractivity contribution is 9.10. The molecule has 2 rings (SSSR count). The van der Waals surface area contributed by atoms with E-state index in [-0.39, 0.29) is 17.9 Å². The van der Waals surface area contributed by atoms with Gasteiger partial charge in [-0.25, -0.2) is 0 Å². The zero-order chi connectivity index (χ0) is 19.2. The topological polar surface area (TPSA) is 47.6 Å². The fraction of sp³-hybridized carbons (Fsp3) is 0.350. The molecule has 2 aromatic carbocycles. The first kappa shape index (κ1) is 20.6. The molecule has 0 saturated heterocycles. The Kier molecular flexibility index (Phi) is 7.35. The highest BCUT2D eigenvalue weighted by atomic mass is 79.9. The summed E-state index contributed by atoms with van der Waals surface area (Å²) < 4.78 is 11.8. The van der Waals surface area contributed by atoms with E-state index in [1.54, 1.807) is 18.2 Å². The van der Waals surface area contributed by atoms with Crippen LogP contribution in [0.5, 0.6) is 11.5 Å². The first-order chi connectivity index (χ1) is 12.3. The SMILES string of the molecule is CC(C)(C)c1ccc(OCCNC(=O)COc2ccc(Cl)cc2Br)cc1. The standard InChI is InChI=1S/C20H23BrClNO3/c1-20(2,3)14-4-7-16(8-5-14)25-11-10-23-19(24)13-26-18-9-6-15(22)12-17(18)21/h4-9,12H,10-11,13H2,1-3H3,(H,23,24). The summed E-state index contributed by atoms with van der Waals surface area (Å²) in [5, 5.41) is 3.36. The van der Waals surface area contributed by atoms with Crippen molar-refractivity contribution in [3.05, 3.63) is 57.5 Å². The number of hydrogen-bond acceptors (Lipinski definition) is 3. The van der Waals surface area contributed by atoms with Gasteiger partial charge in [-0.15, -0.1) is 0 Å². The number of ether oxygens (including phenoxy) is 2. The van der Waals surface area contributed by atoms with Gasteiger partial charge in [0.15, 0.2) is 6.61 Å². The molecule has 0 aliphatic rings. The average Bonchev–Trinajstić information content (AvgIpc) is 2.57. The second-order valence-electron chi connectivity index (χ2n) is 6.84. The maximum atomic E-state index is 11.8. The molecule has 0 spiro atoms. The largest absolute Gasteiger partial charge is 0.492 e. The molecule has 140 valence electrons. The third-order valence-electron chi connectivity index (χ3n) is 3.67. The average molecular weight is 441 g/mol. The Hall–Kier alpha value is -1.72. The van der Waals surface area contributed by atoms with Crippen LogP contribution in [0.15, 0.2) is 46.9 Å². The Balaban J connectivity index is 1.68. The Morgan fingerprint density at radius 3 is 2.42 bits per heavy atom. The molecular formula is C20H23BrClNO3. The van der Waals surface area contributed by atoms with Crippen molar-refractivity contribution in [2.75, 3.05) is 19.8 Å². The lowest BCUT2D eigenvalue weighted by molar-refractivity contribution is -0.123. The second kappa shape index (κ2) is 9.28. The van der Waals surface area contributed by atoms with Crippen molar-refractivity contribution in [1.29, 1.82) is 0 Å². The minimum atomic E-state index is -0.210. The lowest BCUT2D eigenvalue weighted by atomic mass is 9.87. The van der Waals surface area contributed by atoms with Gasteiger partial charge in [-0.2, -0.15) is 0 Å². The molecule has 1 amide bonds. The predicted octanol–water partition coefficient (Wildman–Crippen LogP) is 4.97. The second-order valence-corrected chi connectivity index (χ2v) is 8.13. The van der Waals surface area contributed by atoms with E-state index in [1.807, 2.05) is 12.1 Å². The van der Waals surface area contributed by atoms with Crippen molar-refractivity contribution in [1.82, 2.24) is 5.32 Å². The van der Waals surface area contributed by atoms with Crippen LogP contribution >= 0.6 is 27.5 Å². The molecule has 0 saturated carbocycles. The zero-order valence-electron chi connectivity index (χ0n) is 15.1. The monoisotopic (exact) mass is 439 g/mol. The number of carbonyl (C=O) groups excluding carboxylic acids is 1. The molecule has 0 bridgehead atoms. The van der Waals surface area contributed by atoms with Gasteiger partial charge in [0.1, 0.15) is 18.1 Å². The van der Waals surface area contributed by atoms with Crippen LogP contribution in [0.3, 0.4) is 0 Å². The predicted molar refractivity (Wildman–Crippen MR) is 108 cm³/mol. The van der Waals surface area contributed by atoms with E-state index in [0.29, 0.717) is 28.4 Å². The number of benzene rings is 2. The smallest absolute Gasteiger partial charge is 0.258 e. The van der Waals surface area contributed by atoms with E-state index >= 15 is 0 Å². The van der Waals surface area contributed by atoms with Crippen LogP contribution in [-0.2, 0) is 10.2 Å². The molecule has 1 N–H and O–H groups in total. The zero-order valence-corrected chi connectivity index (χ0v) is 17.5. The van der Waals surface area contributed by atoms with Crippen molar-refractivity contribution in [3.63, 3.8) is 0 Å². The summed E-state index contributed by atoms with van der Waals surface area (Å²) in [7, 11) is 0. The van der Waals surface area contributed by atoms with Crippen molar-refractivity contribution < 1.29 is 14.3 Å². The first-order valence-electron chi connectivity index (χ1n) is 8.33. The van der Waals surface area contributed by atoms with Crippen LogP contribution in [0.25, 0.3) is 0 Å². The molecule has 0 aliphatic carbocycles. The molecule has 2 aromatic rings. The van der Waals surface area contributed by atoms with Crippen molar-refractivity contribution in [3.8, 4) is 11.5 Å². The number of rotatable bonds is 7. The normalized spacial score (nSPS) is 11.1. The van der Waals surface area contributed by atoms with E-state index in [2.05, 4.69) is 54.2 Å². The van der Waals surface area contributed by atoms with E-state index < -0.39 is 0 Å². The molecule has 0 aromatic heterocycles. The molecule has 26 heavy (non-hydrogen) atoms. The highest BCUT2D eigenvalue weighted by Crippen LogP contribution is 2.28. The van der Waals surface area contributed by atoms with E-state index in [1.165, 1.54) is 5.56 Å². The van der Waals surface area contributed by atoms with Crippen LogP contribution in [0.4, 0.5) is 0 Å². The number of amides is 1. The highest BCUT2D eigenvalue weighted by Gasteiger charge is 2.13. The van der Waals surface area contributed by atoms with Crippen LogP contribution in [0.1, 0.15) is 26.3 Å². The minimum Gasteiger partial charge on any atom is -0.492 e. The summed E-state index contributed by atoms with van der Waals surface area (Å²) in [5.41, 5.74) is 1.37. The molecule has 0 radical (unpaired) electrons. The molecule has 6 heteroatoms. The minimum absolute atomic E-state index is 0.0689. The van der Waals surface area contributed by atoms with E-state index in [9.17, 15) is 4.79 Å². The quantitative estimate of drug-likeness (QED) is 0.618. The lowest BCUT2D eigenvalue weighted by Gasteiger charge is -2.19. The molecular weight excluding hydrogens is 418 g/mol. The van der Waals surface area contributed by atoms with Crippen LogP contribution in [0.2, 0.25) is 5.02 Å². The van der Waals surface area contributed by atoms with Gasteiger partial charge in [0.25, 0.3) is 5.91 Å². The Morgan fingerprint density at radius 1 is 1.12 bits per heavy atom. The van der Waals surface area contributed by atoms with Crippen molar-refractivity contribution >= 4 is 33.4 Å². The summed E-state index contributed by atoms with van der Waals surface area (Å²) in [5.74, 6) is 1.15. The molecule has 4 nitrogen and oxygen atoms in total. The molecule has 0 atom stereocenters. The van der Waals surface area contributed by atoms with Crippen molar-refractivity contribution in [2.45, 2.75) is 26.2 Å². The van der Waals surface area contributed by atoms with Gasteiger partial charge in [0.2, 0.25) is 0 Å². The Labute approximate surface area is 168 Å². The van der Waals surface area contributed by atoms with Crippen LogP contribution in [0, 0.1) is 0 Å². The van der Waals surface area contributed by atoms with Crippen LogP contribution < -0.4 is 14.8 Å². The summed E-state index contributed by atoms with van der Waals surface area (Å²) in [6, 6.07) is 13.2. The number of nitrogens with one attached hydrogen (secondary N) is 1. The van der Waals surface area contributed by atoms with Gasteiger partial charge < -0.3 is 14.8 Å². The molecule has 0 heterocycles. The van der Waals surface area contributed by atoms with Gasteiger partial charge in [-0.3, -0.25) is 4.79 Å². The number of hydrogen-bond donors (Lipinski definition) is 1. The number of halogens is 2. The van der Waals surface area contributed by atoms with Gasteiger partial charge in [0, 0.05) is 5.02 Å². The lowest BCUT2D eigenvalue weighted by Crippen LogP contribution is -2.32. The molecule has 0 aliphatic heterocycles. The maximum Gasteiger partial charge on any atom is 0.258 e. The Morgan fingerprint density at radius 2 is 1.81 bits per heavy atom. The van der Waals surface area contributed by atoms with Crippen LogP contribution in [-0.4, -0.2) is 25.7 Å². The van der Waals surface area contributed by atoms with Crippen molar-refractivity contribution in [2.24, 2.45) is 0 Å². The number of carbonyl (C=O) groups is 1. The third kappa shape index (κ3) is 6.54.